The van der Waals surface area contributed by atoms with Gasteiger partial charge in [-0.1, -0.05) is 0 Å². The maximum Gasteiger partial charge on any atom is 0.303 e. The van der Waals surface area contributed by atoms with E-state index in [1.165, 1.54) is 4.90 Å². The molecule has 18 heavy (non-hydrogen) atoms. The van der Waals surface area contributed by atoms with E-state index in [0.717, 1.165) is 0 Å². The third-order valence-electron chi connectivity index (χ3n) is 3.11. The molecule has 0 saturated carbocycles. The molecule has 0 aromatic heterocycles. The van der Waals surface area contributed by atoms with Crippen molar-refractivity contribution < 1.29 is 19.5 Å². The van der Waals surface area contributed by atoms with Gasteiger partial charge in [0.25, 0.3) is 0 Å². The summed E-state index contributed by atoms with van der Waals surface area (Å²) in [6, 6.07) is -0.559. The van der Waals surface area contributed by atoms with Crippen molar-refractivity contribution in [3.05, 3.63) is 0 Å². The third-order valence-corrected chi connectivity index (χ3v) is 3.11. The van der Waals surface area contributed by atoms with Gasteiger partial charge in [-0.15, -0.1) is 0 Å². The zero-order valence-corrected chi connectivity index (χ0v) is 11.0. The fourth-order valence-electron chi connectivity index (χ4n) is 2.16. The first-order chi connectivity index (χ1) is 8.34. The molecule has 6 nitrogen and oxygen atoms in total. The Morgan fingerprint density at radius 1 is 1.50 bits per heavy atom. The van der Waals surface area contributed by atoms with Gasteiger partial charge in [-0.3, -0.25) is 24.2 Å². The fraction of sp³-hybridized carbons (Fsp3) is 0.750. The summed E-state index contributed by atoms with van der Waals surface area (Å²) in [4.78, 5) is 37.2. The predicted molar refractivity (Wildman–Crippen MR) is 64.9 cm³/mol. The normalized spacial score (nSPS) is 20.3. The molecule has 0 aromatic rings. The second-order valence-electron chi connectivity index (χ2n) is 4.89. The van der Waals surface area contributed by atoms with Crippen LogP contribution in [0.2, 0.25) is 0 Å². The van der Waals surface area contributed by atoms with E-state index in [4.69, 9.17) is 5.11 Å². The van der Waals surface area contributed by atoms with Gasteiger partial charge in [-0.25, -0.2) is 0 Å². The van der Waals surface area contributed by atoms with Crippen LogP contribution in [0.5, 0.6) is 0 Å². The van der Waals surface area contributed by atoms with E-state index in [0.29, 0.717) is 13.0 Å². The number of aliphatic carboxylic acids is 1. The van der Waals surface area contributed by atoms with Crippen LogP contribution in [0.25, 0.3) is 0 Å². The Kier molecular flexibility index (Phi) is 4.84. The number of likely N-dealkylation sites (N-methyl/N-ethyl adjacent to an activating group) is 1. The molecule has 0 spiro atoms. The Morgan fingerprint density at radius 2 is 2.11 bits per heavy atom. The monoisotopic (exact) mass is 256 g/mol. The van der Waals surface area contributed by atoms with Gasteiger partial charge in [0.05, 0.1) is 12.5 Å². The standard InChI is InChI=1S/C12H20N2O4/c1-8(2)14-10(15)7-9(12(14)18)13(3)6-4-5-11(16)17/h8-9H,4-7H2,1-3H3,(H,16,17). The largest absolute Gasteiger partial charge is 0.481 e. The lowest BCUT2D eigenvalue weighted by molar-refractivity contribution is -0.141. The minimum absolute atomic E-state index is 0.0765. The quantitative estimate of drug-likeness (QED) is 0.692. The van der Waals surface area contributed by atoms with Gasteiger partial charge in [0.15, 0.2) is 0 Å². The number of hydrogen-bond donors (Lipinski definition) is 1. The molecule has 1 rings (SSSR count). The predicted octanol–water partition coefficient (Wildman–Crippen LogP) is 0.319. The highest BCUT2D eigenvalue weighted by Gasteiger charge is 2.41. The second-order valence-corrected chi connectivity index (χ2v) is 4.89. The van der Waals surface area contributed by atoms with Crippen LogP contribution in [0.15, 0.2) is 0 Å². The van der Waals surface area contributed by atoms with Gasteiger partial charge in [0.1, 0.15) is 0 Å². The van der Waals surface area contributed by atoms with E-state index < -0.39 is 12.0 Å². The van der Waals surface area contributed by atoms with Crippen LogP contribution in [0.3, 0.4) is 0 Å². The van der Waals surface area contributed by atoms with Crippen LogP contribution < -0.4 is 0 Å². The lowest BCUT2D eigenvalue weighted by Crippen LogP contribution is -2.42. The van der Waals surface area contributed by atoms with Crippen molar-refractivity contribution in [2.24, 2.45) is 0 Å². The molecule has 0 aromatic carbocycles. The summed E-state index contributed by atoms with van der Waals surface area (Å²) in [5.74, 6) is -1.17. The summed E-state index contributed by atoms with van der Waals surface area (Å²) in [5.41, 5.74) is 0. The number of likely N-dealkylation sites (tertiary alicyclic amines) is 1. The highest BCUT2D eigenvalue weighted by Crippen LogP contribution is 2.20. The van der Waals surface area contributed by atoms with Crippen molar-refractivity contribution in [3.63, 3.8) is 0 Å². The lowest BCUT2D eigenvalue weighted by Gasteiger charge is -2.23. The molecule has 1 aliphatic rings. The first-order valence-electron chi connectivity index (χ1n) is 6.12. The van der Waals surface area contributed by atoms with Crippen LogP contribution in [-0.2, 0) is 14.4 Å². The van der Waals surface area contributed by atoms with Gasteiger partial charge in [0.2, 0.25) is 11.8 Å². The number of carboxylic acids is 1. The first kappa shape index (κ1) is 14.6. The number of imide groups is 1. The molecule has 1 saturated heterocycles. The van der Waals surface area contributed by atoms with E-state index in [2.05, 4.69) is 0 Å². The zero-order valence-electron chi connectivity index (χ0n) is 11.0. The number of carboxylic acid groups (broad SMARTS) is 1. The topological polar surface area (TPSA) is 77.9 Å². The Bertz CT molecular complexity index is 354. The Hall–Kier alpha value is -1.43. The average molecular weight is 256 g/mol. The second kappa shape index (κ2) is 5.95. The summed E-state index contributed by atoms with van der Waals surface area (Å²) in [6.07, 6.45) is 0.749. The maximum atomic E-state index is 12.0. The smallest absolute Gasteiger partial charge is 0.303 e. The van der Waals surface area contributed by atoms with Crippen LogP contribution in [0, 0.1) is 0 Å². The third kappa shape index (κ3) is 3.29. The van der Waals surface area contributed by atoms with Crippen molar-refractivity contribution in [2.75, 3.05) is 13.6 Å². The highest BCUT2D eigenvalue weighted by atomic mass is 16.4. The Morgan fingerprint density at radius 3 is 2.56 bits per heavy atom. The number of hydrogen-bond acceptors (Lipinski definition) is 4. The van der Waals surface area contributed by atoms with Crippen LogP contribution >= 0.6 is 0 Å². The molecule has 0 radical (unpaired) electrons. The van der Waals surface area contributed by atoms with Crippen molar-refractivity contribution in [2.45, 2.75) is 45.2 Å². The van der Waals surface area contributed by atoms with Crippen LogP contribution in [0.1, 0.15) is 33.1 Å². The van der Waals surface area contributed by atoms with E-state index in [1.54, 1.807) is 11.9 Å². The van der Waals surface area contributed by atoms with Crippen LogP contribution in [0.4, 0.5) is 0 Å². The zero-order chi connectivity index (χ0) is 13.9. The number of carbonyl (C=O) groups excluding carboxylic acids is 2. The molecule has 1 heterocycles. The first-order valence-corrected chi connectivity index (χ1v) is 6.12. The Balaban J connectivity index is 2.55. The van der Waals surface area contributed by atoms with E-state index in [9.17, 15) is 14.4 Å². The molecular formula is C12H20N2O4. The number of nitrogens with zero attached hydrogens (tertiary/aromatic N) is 2. The number of amides is 2. The van der Waals surface area contributed by atoms with E-state index >= 15 is 0 Å². The van der Waals surface area contributed by atoms with Crippen LogP contribution in [-0.4, -0.2) is 58.4 Å². The van der Waals surface area contributed by atoms with E-state index in [-0.39, 0.29) is 30.7 Å². The minimum atomic E-state index is -0.846. The lowest BCUT2D eigenvalue weighted by atomic mass is 10.2. The molecule has 0 bridgehead atoms. The SMILES string of the molecule is CC(C)N1C(=O)CC(N(C)CCCC(=O)O)C1=O. The summed E-state index contributed by atoms with van der Waals surface area (Å²) in [5, 5.41) is 8.55. The molecule has 1 fully saturated rings. The molecule has 102 valence electrons. The van der Waals surface area contributed by atoms with E-state index in [1.807, 2.05) is 13.8 Å². The molecule has 2 amide bonds. The van der Waals surface area contributed by atoms with Gasteiger partial charge >= 0.3 is 5.97 Å². The Labute approximate surface area is 107 Å². The van der Waals surface area contributed by atoms with Gasteiger partial charge in [-0.2, -0.15) is 0 Å². The fourth-order valence-corrected chi connectivity index (χ4v) is 2.16. The van der Waals surface area contributed by atoms with Gasteiger partial charge in [-0.05, 0) is 33.9 Å². The van der Waals surface area contributed by atoms with Crippen molar-refractivity contribution in [1.82, 2.24) is 9.80 Å². The van der Waals surface area contributed by atoms with Crippen molar-refractivity contribution >= 4 is 17.8 Å². The molecule has 6 heteroatoms. The number of carbonyl (C=O) groups is 3. The molecule has 0 aliphatic carbocycles. The molecule has 1 atom stereocenters. The number of rotatable bonds is 6. The molecule has 1 aliphatic heterocycles. The summed E-state index contributed by atoms with van der Waals surface area (Å²) < 4.78 is 0. The maximum absolute atomic E-state index is 12.0. The van der Waals surface area contributed by atoms with Crippen molar-refractivity contribution in [3.8, 4) is 0 Å². The highest BCUT2D eigenvalue weighted by molar-refractivity contribution is 6.05. The van der Waals surface area contributed by atoms with Gasteiger partial charge < -0.3 is 5.11 Å². The molecule has 1 N–H and O–H groups in total. The molecular weight excluding hydrogens is 236 g/mol. The van der Waals surface area contributed by atoms with Crippen molar-refractivity contribution in [1.29, 1.82) is 0 Å². The minimum Gasteiger partial charge on any atom is -0.481 e. The summed E-state index contributed by atoms with van der Waals surface area (Å²) >= 11 is 0. The summed E-state index contributed by atoms with van der Waals surface area (Å²) in [7, 11) is 1.75. The molecule has 1 unspecified atom stereocenters. The summed E-state index contributed by atoms with van der Waals surface area (Å²) in [6.45, 7) is 4.12. The average Bonchev–Trinajstić information content (AvgIpc) is 2.53. The van der Waals surface area contributed by atoms with Gasteiger partial charge in [0, 0.05) is 12.5 Å².